The molecule has 0 spiro atoms. The van der Waals surface area contributed by atoms with E-state index in [9.17, 15) is 14.4 Å². The Morgan fingerprint density at radius 1 is 1.18 bits per heavy atom. The minimum Gasteiger partial charge on any atom is -0.366 e. The molecule has 0 bridgehead atoms. The molecular weight excluding hydrogens is 423 g/mol. The highest BCUT2D eigenvalue weighted by Gasteiger charge is 2.31. The third-order valence-corrected chi connectivity index (χ3v) is 6.43. The molecule has 0 radical (unpaired) electrons. The van der Waals surface area contributed by atoms with E-state index in [2.05, 4.69) is 10.3 Å². The third-order valence-electron chi connectivity index (χ3n) is 6.43. The van der Waals surface area contributed by atoms with Crippen LogP contribution in [0.25, 0.3) is 22.0 Å². The topological polar surface area (TPSA) is 108 Å². The molecule has 4 N–H and O–H groups in total. The molecule has 0 aliphatic heterocycles. The van der Waals surface area contributed by atoms with Crippen molar-refractivity contribution >= 4 is 28.6 Å². The third kappa shape index (κ3) is 4.46. The molecule has 2 aromatic carbocycles. The van der Waals surface area contributed by atoms with Crippen LogP contribution in [0, 0.1) is 5.82 Å². The van der Waals surface area contributed by atoms with Gasteiger partial charge in [0.05, 0.1) is 5.56 Å². The maximum atomic E-state index is 15.0. The van der Waals surface area contributed by atoms with Crippen LogP contribution >= 0.6 is 0 Å². The van der Waals surface area contributed by atoms with Crippen molar-refractivity contribution in [2.24, 2.45) is 5.73 Å². The average molecular weight is 451 g/mol. The van der Waals surface area contributed by atoms with Gasteiger partial charge in [0.25, 0.3) is 11.8 Å². The highest BCUT2D eigenvalue weighted by molar-refractivity contribution is 6.07. The van der Waals surface area contributed by atoms with E-state index in [0.29, 0.717) is 34.9 Å². The predicted molar refractivity (Wildman–Crippen MR) is 124 cm³/mol. The first-order valence-corrected chi connectivity index (χ1v) is 11.1. The number of nitrogens with zero attached hydrogens (tertiary/aromatic N) is 1. The number of benzene rings is 2. The zero-order chi connectivity index (χ0) is 23.7. The lowest BCUT2D eigenvalue weighted by molar-refractivity contribution is -0.121. The van der Waals surface area contributed by atoms with E-state index in [-0.39, 0.29) is 29.5 Å². The van der Waals surface area contributed by atoms with Crippen LogP contribution < -0.4 is 11.1 Å². The van der Waals surface area contributed by atoms with Gasteiger partial charge in [-0.2, -0.15) is 0 Å². The van der Waals surface area contributed by atoms with Crippen molar-refractivity contribution in [2.45, 2.75) is 44.7 Å². The van der Waals surface area contributed by atoms with E-state index in [0.717, 1.165) is 18.4 Å². The quantitative estimate of drug-likeness (QED) is 0.534. The molecule has 0 unspecified atom stereocenters. The number of carbonyl (C=O) groups excluding carboxylic acids is 3. The Kier molecular flexibility index (Phi) is 6.18. The first-order chi connectivity index (χ1) is 15.8. The molecule has 3 aromatic rings. The first-order valence-electron chi connectivity index (χ1n) is 11.1. The van der Waals surface area contributed by atoms with Crippen molar-refractivity contribution < 1.29 is 18.8 Å². The van der Waals surface area contributed by atoms with E-state index in [4.69, 9.17) is 5.73 Å². The number of H-pyrrole nitrogens is 1. The summed E-state index contributed by atoms with van der Waals surface area (Å²) in [7, 11) is 1.72. The van der Waals surface area contributed by atoms with Crippen LogP contribution in [0.5, 0.6) is 0 Å². The number of hydrogen-bond acceptors (Lipinski definition) is 3. The number of aromatic nitrogens is 1. The fourth-order valence-corrected chi connectivity index (χ4v) is 4.51. The second-order valence-electron chi connectivity index (χ2n) is 8.52. The summed E-state index contributed by atoms with van der Waals surface area (Å²) in [5, 5.41) is 3.60. The molecule has 1 saturated carbocycles. The molecule has 1 aliphatic rings. The smallest absolute Gasteiger partial charge is 0.253 e. The minimum atomic E-state index is -0.564. The summed E-state index contributed by atoms with van der Waals surface area (Å²) in [6, 6.07) is 9.70. The largest absolute Gasteiger partial charge is 0.366 e. The van der Waals surface area contributed by atoms with Gasteiger partial charge in [0.1, 0.15) is 5.82 Å². The summed E-state index contributed by atoms with van der Waals surface area (Å²) < 4.78 is 15.0. The molecule has 2 atom stereocenters. The number of amides is 3. The summed E-state index contributed by atoms with van der Waals surface area (Å²) >= 11 is 0. The normalized spacial score (nSPS) is 17.8. The summed E-state index contributed by atoms with van der Waals surface area (Å²) in [6.45, 7) is 1.81. The molecular formula is C25H27FN4O3. The molecule has 3 amide bonds. The van der Waals surface area contributed by atoms with Crippen molar-refractivity contribution in [3.05, 3.63) is 59.5 Å². The van der Waals surface area contributed by atoms with Crippen molar-refractivity contribution in [3.63, 3.8) is 0 Å². The molecule has 33 heavy (non-hydrogen) atoms. The van der Waals surface area contributed by atoms with Gasteiger partial charge in [-0.1, -0.05) is 19.1 Å². The van der Waals surface area contributed by atoms with Crippen LogP contribution in [0.2, 0.25) is 0 Å². The van der Waals surface area contributed by atoms with Gasteiger partial charge in [-0.15, -0.1) is 0 Å². The number of aromatic amines is 1. The average Bonchev–Trinajstić information content (AvgIpc) is 3.44. The van der Waals surface area contributed by atoms with Gasteiger partial charge in [-0.05, 0) is 49.1 Å². The zero-order valence-electron chi connectivity index (χ0n) is 18.7. The number of nitrogens with one attached hydrogen (secondary N) is 2. The van der Waals surface area contributed by atoms with Gasteiger partial charge in [0.2, 0.25) is 5.91 Å². The SMILES string of the molecule is CCC(=O)N[C@H]1CC[C@@H](N(C)C(=O)c2ccc(-c3ccc4[nH]cc(C(N)=O)c4c3)c(F)c2)C1. The van der Waals surface area contributed by atoms with E-state index in [1.807, 2.05) is 6.92 Å². The number of rotatable bonds is 6. The lowest BCUT2D eigenvalue weighted by Gasteiger charge is -2.25. The molecule has 1 aromatic heterocycles. The second-order valence-corrected chi connectivity index (χ2v) is 8.52. The number of nitrogens with two attached hydrogens (primary N) is 1. The van der Waals surface area contributed by atoms with Gasteiger partial charge in [-0.25, -0.2) is 4.39 Å². The Balaban J connectivity index is 1.52. The summed E-state index contributed by atoms with van der Waals surface area (Å²) in [6.07, 6.45) is 4.26. The number of halogens is 1. The monoisotopic (exact) mass is 450 g/mol. The molecule has 1 heterocycles. The van der Waals surface area contributed by atoms with Crippen LogP contribution in [0.15, 0.2) is 42.6 Å². The Labute approximate surface area is 191 Å². The minimum absolute atomic E-state index is 0.00747. The van der Waals surface area contributed by atoms with Crippen molar-refractivity contribution in [3.8, 4) is 11.1 Å². The molecule has 0 saturated heterocycles. The van der Waals surface area contributed by atoms with Crippen LogP contribution in [-0.2, 0) is 4.79 Å². The maximum absolute atomic E-state index is 15.0. The van der Waals surface area contributed by atoms with Gasteiger partial charge in [0.15, 0.2) is 0 Å². The van der Waals surface area contributed by atoms with E-state index in [1.165, 1.54) is 12.3 Å². The van der Waals surface area contributed by atoms with Gasteiger partial charge in [-0.3, -0.25) is 14.4 Å². The van der Waals surface area contributed by atoms with Gasteiger partial charge >= 0.3 is 0 Å². The molecule has 1 aliphatic carbocycles. The fourth-order valence-electron chi connectivity index (χ4n) is 4.51. The second kappa shape index (κ2) is 9.05. The van der Waals surface area contributed by atoms with Crippen molar-refractivity contribution in [2.75, 3.05) is 7.05 Å². The first kappa shape index (κ1) is 22.5. The van der Waals surface area contributed by atoms with Crippen LogP contribution in [0.3, 0.4) is 0 Å². The lowest BCUT2D eigenvalue weighted by atomic mass is 10.00. The zero-order valence-corrected chi connectivity index (χ0v) is 18.7. The van der Waals surface area contributed by atoms with Crippen molar-refractivity contribution in [1.29, 1.82) is 0 Å². The van der Waals surface area contributed by atoms with Crippen molar-refractivity contribution in [1.82, 2.24) is 15.2 Å². The van der Waals surface area contributed by atoms with E-state index >= 15 is 4.39 Å². The highest BCUT2D eigenvalue weighted by Crippen LogP contribution is 2.30. The molecule has 7 nitrogen and oxygen atoms in total. The van der Waals surface area contributed by atoms with Crippen LogP contribution in [0.1, 0.15) is 53.3 Å². The Morgan fingerprint density at radius 3 is 2.67 bits per heavy atom. The van der Waals surface area contributed by atoms with E-state index in [1.54, 1.807) is 42.3 Å². The fraction of sp³-hybridized carbons (Fsp3) is 0.320. The maximum Gasteiger partial charge on any atom is 0.253 e. The van der Waals surface area contributed by atoms with E-state index < -0.39 is 11.7 Å². The van der Waals surface area contributed by atoms with Crippen LogP contribution in [-0.4, -0.2) is 46.7 Å². The summed E-state index contributed by atoms with van der Waals surface area (Å²) in [5.74, 6) is -1.34. The Bertz CT molecular complexity index is 1240. The molecule has 1 fully saturated rings. The highest BCUT2D eigenvalue weighted by atomic mass is 19.1. The summed E-state index contributed by atoms with van der Waals surface area (Å²) in [5.41, 5.74) is 7.66. The number of hydrogen-bond donors (Lipinski definition) is 3. The lowest BCUT2D eigenvalue weighted by Crippen LogP contribution is -2.38. The summed E-state index contributed by atoms with van der Waals surface area (Å²) in [4.78, 5) is 40.9. The number of carbonyl (C=O) groups is 3. The predicted octanol–water partition coefficient (Wildman–Crippen LogP) is 3.59. The standard InChI is InChI=1S/C25H27FN4O3/c1-3-23(31)29-16-6-7-17(12-16)30(2)25(33)15-4-8-18(21(26)11-15)14-5-9-22-19(10-14)20(13-28-22)24(27)32/h4-5,8-11,13,16-17,28H,3,6-7,12H2,1-2H3,(H2,27,32)(H,29,31)/t16-,17+/m0/s1. The van der Waals surface area contributed by atoms with Gasteiger partial charge in [0, 0.05) is 53.8 Å². The Hall–Kier alpha value is -3.68. The molecule has 4 rings (SSSR count). The van der Waals surface area contributed by atoms with Gasteiger partial charge < -0.3 is 20.9 Å². The Morgan fingerprint density at radius 2 is 1.97 bits per heavy atom. The number of fused-ring (bicyclic) bond motifs is 1. The van der Waals surface area contributed by atoms with Crippen LogP contribution in [0.4, 0.5) is 4.39 Å². The molecule has 8 heteroatoms. The number of primary amides is 1. The molecule has 172 valence electrons.